The summed E-state index contributed by atoms with van der Waals surface area (Å²) in [4.78, 5) is 40.4. The zero-order chi connectivity index (χ0) is 28.3. The zero-order valence-corrected chi connectivity index (χ0v) is 25.0. The lowest BCUT2D eigenvalue weighted by molar-refractivity contribution is -0.132. The van der Waals surface area contributed by atoms with Crippen molar-refractivity contribution in [3.8, 4) is 0 Å². The summed E-state index contributed by atoms with van der Waals surface area (Å²) in [7, 11) is 0. The number of ether oxygens (including phenoxy) is 1. The van der Waals surface area contributed by atoms with Crippen LogP contribution in [0.2, 0.25) is 15.1 Å². The molecule has 0 radical (unpaired) electrons. The lowest BCUT2D eigenvalue weighted by Gasteiger charge is -2.36. The second-order valence-electron chi connectivity index (χ2n) is 10.9. The van der Waals surface area contributed by atoms with E-state index in [0.29, 0.717) is 66.0 Å². The Balaban J connectivity index is 1.33. The molecule has 2 saturated heterocycles. The van der Waals surface area contributed by atoms with E-state index in [0.717, 1.165) is 18.4 Å². The molecule has 2 aromatic rings. The Morgan fingerprint density at radius 1 is 1.10 bits per heavy atom. The van der Waals surface area contributed by atoms with Crippen LogP contribution in [0.5, 0.6) is 0 Å². The minimum Gasteiger partial charge on any atom is -0.444 e. The van der Waals surface area contributed by atoms with Gasteiger partial charge < -0.3 is 24.8 Å². The quantitative estimate of drug-likeness (QED) is 0.434. The van der Waals surface area contributed by atoms with Crippen LogP contribution >= 0.6 is 34.8 Å². The lowest BCUT2D eigenvalue weighted by atomic mass is 10.1. The molecule has 0 saturated carbocycles. The molecule has 0 unspecified atom stereocenters. The normalized spacial score (nSPS) is 18.7. The van der Waals surface area contributed by atoms with E-state index < -0.39 is 5.60 Å². The summed E-state index contributed by atoms with van der Waals surface area (Å²) in [6.07, 6.45) is 3.21. The Bertz CT molecular complexity index is 1200. The van der Waals surface area contributed by atoms with E-state index in [9.17, 15) is 9.59 Å². The van der Waals surface area contributed by atoms with E-state index in [1.807, 2.05) is 43.6 Å². The molecule has 4 rings (SSSR count). The summed E-state index contributed by atoms with van der Waals surface area (Å²) in [6.45, 7) is 10.4. The summed E-state index contributed by atoms with van der Waals surface area (Å²) < 4.78 is 5.53. The first-order chi connectivity index (χ1) is 18.4. The van der Waals surface area contributed by atoms with Crippen LogP contribution in [0.4, 0.5) is 16.6 Å². The summed E-state index contributed by atoms with van der Waals surface area (Å²) >= 11 is 18.8. The average Bonchev–Trinajstić information content (AvgIpc) is 3.32. The number of likely N-dealkylation sites (tertiary alicyclic amines) is 1. The minimum absolute atomic E-state index is 0.0446. The summed E-state index contributed by atoms with van der Waals surface area (Å²) in [5.41, 5.74) is 0.307. The standard InChI is InChI=1S/C27H35Cl3N6O3/c1-17(20-8-7-18(28)14-21(20)29)32-24-22(30)16-31-25(33-24)35-12-10-34(11-13-35)23(37)15-19-6-5-9-36(19)26(38)39-27(2,3)4/h7-8,14,16-17,19H,5-6,9-13,15H2,1-4H3,(H,31,32,33)/t17-,19-/m1/s1. The van der Waals surface area contributed by atoms with E-state index >= 15 is 0 Å². The van der Waals surface area contributed by atoms with E-state index in [1.54, 1.807) is 23.2 Å². The van der Waals surface area contributed by atoms with Crippen molar-refractivity contribution in [2.24, 2.45) is 0 Å². The van der Waals surface area contributed by atoms with E-state index in [4.69, 9.17) is 39.5 Å². The van der Waals surface area contributed by atoms with Crippen molar-refractivity contribution < 1.29 is 14.3 Å². The molecule has 9 nitrogen and oxygen atoms in total. The highest BCUT2D eigenvalue weighted by Gasteiger charge is 2.35. The first-order valence-corrected chi connectivity index (χ1v) is 14.3. The molecular formula is C27H35Cl3N6O3. The number of anilines is 2. The summed E-state index contributed by atoms with van der Waals surface area (Å²) in [6, 6.07) is 5.06. The van der Waals surface area contributed by atoms with Crippen LogP contribution in [0.3, 0.4) is 0 Å². The van der Waals surface area contributed by atoms with Crippen molar-refractivity contribution in [3.05, 3.63) is 45.0 Å². The lowest BCUT2D eigenvalue weighted by Crippen LogP contribution is -2.50. The minimum atomic E-state index is -0.565. The third-order valence-corrected chi connectivity index (χ3v) is 7.68. The average molecular weight is 598 g/mol. The zero-order valence-electron chi connectivity index (χ0n) is 22.7. The van der Waals surface area contributed by atoms with Gasteiger partial charge in [-0.25, -0.2) is 9.78 Å². The van der Waals surface area contributed by atoms with Gasteiger partial charge in [-0.2, -0.15) is 4.98 Å². The molecular weight excluding hydrogens is 563 g/mol. The highest BCUT2D eigenvalue weighted by atomic mass is 35.5. The van der Waals surface area contributed by atoms with Crippen molar-refractivity contribution in [1.82, 2.24) is 19.8 Å². The number of rotatable bonds is 6. The summed E-state index contributed by atoms with van der Waals surface area (Å²) in [5.74, 6) is 1.08. The highest BCUT2D eigenvalue weighted by Crippen LogP contribution is 2.31. The number of halogens is 3. The Hall–Kier alpha value is -2.49. The van der Waals surface area contributed by atoms with Crippen LogP contribution in [0.15, 0.2) is 24.4 Å². The molecule has 212 valence electrons. The van der Waals surface area contributed by atoms with Crippen LogP contribution < -0.4 is 10.2 Å². The third kappa shape index (κ3) is 7.58. The summed E-state index contributed by atoms with van der Waals surface area (Å²) in [5, 5.41) is 4.84. The van der Waals surface area contributed by atoms with Crippen LogP contribution in [0.1, 0.15) is 58.6 Å². The van der Waals surface area contributed by atoms with E-state index in [-0.39, 0.29) is 24.1 Å². The van der Waals surface area contributed by atoms with Crippen LogP contribution in [-0.4, -0.2) is 76.1 Å². The number of carbonyl (C=O) groups excluding carboxylic acids is 2. The fourth-order valence-corrected chi connectivity index (χ4v) is 5.56. The smallest absolute Gasteiger partial charge is 0.410 e. The SMILES string of the molecule is C[C@@H](Nc1nc(N2CCN(C(=O)C[C@H]3CCCN3C(=O)OC(C)(C)C)CC2)ncc1Cl)c1ccc(Cl)cc1Cl. The third-order valence-electron chi connectivity index (χ3n) is 6.84. The van der Waals surface area contributed by atoms with Gasteiger partial charge in [-0.15, -0.1) is 0 Å². The number of nitrogens with zero attached hydrogens (tertiary/aromatic N) is 5. The maximum absolute atomic E-state index is 13.1. The molecule has 2 aliphatic rings. The molecule has 0 spiro atoms. The van der Waals surface area contributed by atoms with Gasteiger partial charge in [0.2, 0.25) is 11.9 Å². The Morgan fingerprint density at radius 2 is 1.82 bits per heavy atom. The number of piperazine rings is 1. The molecule has 3 heterocycles. The van der Waals surface area contributed by atoms with Gasteiger partial charge in [0.25, 0.3) is 0 Å². The molecule has 2 fully saturated rings. The number of hydrogen-bond donors (Lipinski definition) is 1. The van der Waals surface area contributed by atoms with Gasteiger partial charge in [0.15, 0.2) is 5.82 Å². The van der Waals surface area contributed by atoms with Gasteiger partial charge in [0, 0.05) is 55.2 Å². The molecule has 2 amide bonds. The van der Waals surface area contributed by atoms with Gasteiger partial charge in [0.1, 0.15) is 10.6 Å². The molecule has 39 heavy (non-hydrogen) atoms. The maximum Gasteiger partial charge on any atom is 0.410 e. The van der Waals surface area contributed by atoms with Gasteiger partial charge in [-0.1, -0.05) is 40.9 Å². The molecule has 1 aromatic heterocycles. The maximum atomic E-state index is 13.1. The van der Waals surface area contributed by atoms with Crippen molar-refractivity contribution in [3.63, 3.8) is 0 Å². The largest absolute Gasteiger partial charge is 0.444 e. The fourth-order valence-electron chi connectivity index (χ4n) is 4.84. The second-order valence-corrected chi connectivity index (χ2v) is 12.2. The van der Waals surface area contributed by atoms with Crippen molar-refractivity contribution >= 4 is 58.6 Å². The van der Waals surface area contributed by atoms with Crippen molar-refractivity contribution in [1.29, 1.82) is 0 Å². The number of aromatic nitrogens is 2. The van der Waals surface area contributed by atoms with E-state index in [1.165, 1.54) is 0 Å². The monoisotopic (exact) mass is 596 g/mol. The molecule has 0 aliphatic carbocycles. The van der Waals surface area contributed by atoms with Gasteiger partial charge in [0.05, 0.1) is 12.2 Å². The molecule has 1 N–H and O–H groups in total. The van der Waals surface area contributed by atoms with Crippen molar-refractivity contribution in [2.45, 2.75) is 64.6 Å². The fraction of sp³-hybridized carbons (Fsp3) is 0.556. The first-order valence-electron chi connectivity index (χ1n) is 13.2. The molecule has 1 aromatic carbocycles. The predicted octanol–water partition coefficient (Wildman–Crippen LogP) is 6.05. The van der Waals surface area contributed by atoms with Crippen LogP contribution in [0.25, 0.3) is 0 Å². The van der Waals surface area contributed by atoms with Crippen molar-refractivity contribution in [2.75, 3.05) is 42.9 Å². The molecule has 2 aliphatic heterocycles. The highest BCUT2D eigenvalue weighted by molar-refractivity contribution is 6.35. The number of hydrogen-bond acceptors (Lipinski definition) is 7. The Labute approximate surface area is 244 Å². The number of amides is 2. The first kappa shape index (κ1) is 29.5. The van der Waals surface area contributed by atoms with Crippen LogP contribution in [-0.2, 0) is 9.53 Å². The Morgan fingerprint density at radius 3 is 2.49 bits per heavy atom. The van der Waals surface area contributed by atoms with Gasteiger partial charge in [-0.3, -0.25) is 4.79 Å². The molecule has 2 atom stereocenters. The second kappa shape index (κ2) is 12.4. The van der Waals surface area contributed by atoms with Gasteiger partial charge in [-0.05, 0) is 58.2 Å². The van der Waals surface area contributed by atoms with E-state index in [2.05, 4.69) is 15.3 Å². The van der Waals surface area contributed by atoms with Crippen LogP contribution in [0, 0.1) is 0 Å². The number of benzene rings is 1. The molecule has 12 heteroatoms. The number of nitrogens with one attached hydrogen (secondary N) is 1. The Kier molecular flexibility index (Phi) is 9.34. The molecule has 0 bridgehead atoms. The van der Waals surface area contributed by atoms with Gasteiger partial charge >= 0.3 is 6.09 Å². The number of carbonyl (C=O) groups is 2. The topological polar surface area (TPSA) is 90.9 Å². The predicted molar refractivity (Wildman–Crippen MR) is 155 cm³/mol.